The molecule has 21 heavy (non-hydrogen) atoms. The van der Waals surface area contributed by atoms with Crippen molar-refractivity contribution in [3.63, 3.8) is 0 Å². The van der Waals surface area contributed by atoms with E-state index in [1.807, 2.05) is 0 Å². The quantitative estimate of drug-likeness (QED) is 0.501. The molecule has 0 saturated heterocycles. The van der Waals surface area contributed by atoms with Crippen LogP contribution in [0.25, 0.3) is 0 Å². The minimum atomic E-state index is -1.24. The number of rotatable bonds is 3. The van der Waals surface area contributed by atoms with Crippen molar-refractivity contribution < 1.29 is 34.8 Å². The van der Waals surface area contributed by atoms with E-state index in [1.165, 1.54) is 0 Å². The predicted octanol–water partition coefficient (Wildman–Crippen LogP) is 1.72. The maximum atomic E-state index is 11.8. The monoisotopic (exact) mass is 290 g/mol. The number of esters is 1. The van der Waals surface area contributed by atoms with Crippen LogP contribution in [0, 0.1) is 0 Å². The Morgan fingerprint density at radius 2 is 1.48 bits per heavy atom. The number of hydrogen-bond acceptors (Lipinski definition) is 6. The Morgan fingerprint density at radius 1 is 0.857 bits per heavy atom. The molecule has 0 bridgehead atoms. The van der Waals surface area contributed by atoms with E-state index in [1.54, 1.807) is 0 Å². The standard InChI is InChI=1S/C14H10O7/c15-9-3-8(4-10(16)6-9)14(20)21-12-2-1-7(13(18)19)5-11(12)17/h1-6,15-17H,(H,18,19). The fourth-order valence-corrected chi connectivity index (χ4v) is 1.61. The number of benzene rings is 2. The number of ether oxygens (including phenoxy) is 1. The maximum absolute atomic E-state index is 11.8. The molecule has 0 saturated carbocycles. The van der Waals surface area contributed by atoms with Gasteiger partial charge in [0.1, 0.15) is 11.5 Å². The molecule has 4 N–H and O–H groups in total. The largest absolute Gasteiger partial charge is 0.508 e. The van der Waals surface area contributed by atoms with Gasteiger partial charge in [0.15, 0.2) is 11.5 Å². The van der Waals surface area contributed by atoms with Crippen LogP contribution >= 0.6 is 0 Å². The average molecular weight is 290 g/mol. The molecule has 0 atom stereocenters. The van der Waals surface area contributed by atoms with Gasteiger partial charge in [-0.15, -0.1) is 0 Å². The second-order valence-corrected chi connectivity index (χ2v) is 4.12. The van der Waals surface area contributed by atoms with Gasteiger partial charge < -0.3 is 25.2 Å². The van der Waals surface area contributed by atoms with E-state index < -0.39 is 17.7 Å². The summed E-state index contributed by atoms with van der Waals surface area (Å²) in [4.78, 5) is 22.5. The van der Waals surface area contributed by atoms with Gasteiger partial charge >= 0.3 is 11.9 Å². The summed E-state index contributed by atoms with van der Waals surface area (Å²) >= 11 is 0. The van der Waals surface area contributed by atoms with Crippen molar-refractivity contribution in [2.45, 2.75) is 0 Å². The van der Waals surface area contributed by atoms with Crippen molar-refractivity contribution in [2.75, 3.05) is 0 Å². The summed E-state index contributed by atoms with van der Waals surface area (Å²) in [5.74, 6) is -3.58. The van der Waals surface area contributed by atoms with E-state index in [9.17, 15) is 24.9 Å². The number of carboxylic acid groups (broad SMARTS) is 1. The van der Waals surface area contributed by atoms with Crippen LogP contribution < -0.4 is 4.74 Å². The predicted molar refractivity (Wildman–Crippen MR) is 69.8 cm³/mol. The van der Waals surface area contributed by atoms with Crippen molar-refractivity contribution in [2.24, 2.45) is 0 Å². The van der Waals surface area contributed by atoms with Gasteiger partial charge in [-0.1, -0.05) is 0 Å². The first-order valence-corrected chi connectivity index (χ1v) is 5.68. The van der Waals surface area contributed by atoms with Crippen LogP contribution in [0.2, 0.25) is 0 Å². The topological polar surface area (TPSA) is 124 Å². The third-order valence-electron chi connectivity index (χ3n) is 2.55. The molecule has 0 aliphatic carbocycles. The summed E-state index contributed by atoms with van der Waals surface area (Å²) in [6.45, 7) is 0. The Balaban J connectivity index is 2.25. The first-order chi connectivity index (χ1) is 9.86. The molecule has 0 heterocycles. The molecule has 0 fully saturated rings. The van der Waals surface area contributed by atoms with E-state index in [-0.39, 0.29) is 28.4 Å². The zero-order valence-electron chi connectivity index (χ0n) is 10.5. The number of phenolic OH excluding ortho intramolecular Hbond substituents is 3. The van der Waals surface area contributed by atoms with E-state index in [0.717, 1.165) is 36.4 Å². The van der Waals surface area contributed by atoms with Crippen molar-refractivity contribution in [3.8, 4) is 23.0 Å². The fourth-order valence-electron chi connectivity index (χ4n) is 1.61. The summed E-state index contributed by atoms with van der Waals surface area (Å²) < 4.78 is 4.87. The average Bonchev–Trinajstić information content (AvgIpc) is 2.39. The number of carboxylic acids is 1. The first-order valence-electron chi connectivity index (χ1n) is 5.68. The highest BCUT2D eigenvalue weighted by Crippen LogP contribution is 2.28. The Kier molecular flexibility index (Phi) is 3.66. The summed E-state index contributed by atoms with van der Waals surface area (Å²) in [5.41, 5.74) is -0.295. The molecule has 0 unspecified atom stereocenters. The van der Waals surface area contributed by atoms with Gasteiger partial charge in [-0.2, -0.15) is 0 Å². The van der Waals surface area contributed by atoms with Crippen LogP contribution in [0.4, 0.5) is 0 Å². The third-order valence-corrected chi connectivity index (χ3v) is 2.55. The first kappa shape index (κ1) is 14.2. The molecule has 0 radical (unpaired) electrons. The fraction of sp³-hybridized carbons (Fsp3) is 0. The summed E-state index contributed by atoms with van der Waals surface area (Å²) in [6.07, 6.45) is 0. The molecule has 0 aliphatic rings. The van der Waals surface area contributed by atoms with Gasteiger partial charge in [0.2, 0.25) is 0 Å². The molecule has 2 rings (SSSR count). The lowest BCUT2D eigenvalue weighted by molar-refractivity contribution is 0.0696. The van der Waals surface area contributed by atoms with E-state index >= 15 is 0 Å². The molecule has 2 aromatic carbocycles. The summed E-state index contributed by atoms with van der Waals surface area (Å²) in [5, 5.41) is 36.9. The van der Waals surface area contributed by atoms with E-state index in [0.29, 0.717) is 0 Å². The Hall–Kier alpha value is -3.22. The Labute approximate surface area is 118 Å². The van der Waals surface area contributed by atoms with Crippen LogP contribution in [0.1, 0.15) is 20.7 Å². The van der Waals surface area contributed by atoms with Crippen LogP contribution in [0.5, 0.6) is 23.0 Å². The van der Waals surface area contributed by atoms with Crippen LogP contribution in [-0.2, 0) is 0 Å². The molecular weight excluding hydrogens is 280 g/mol. The lowest BCUT2D eigenvalue weighted by Gasteiger charge is -2.07. The normalized spacial score (nSPS) is 10.1. The molecule has 0 spiro atoms. The maximum Gasteiger partial charge on any atom is 0.343 e. The van der Waals surface area contributed by atoms with Crippen LogP contribution in [0.3, 0.4) is 0 Å². The number of hydrogen-bond donors (Lipinski definition) is 4. The molecule has 108 valence electrons. The van der Waals surface area contributed by atoms with E-state index in [4.69, 9.17) is 9.84 Å². The van der Waals surface area contributed by atoms with Gasteiger partial charge in [0.05, 0.1) is 11.1 Å². The minimum Gasteiger partial charge on any atom is -0.508 e. The van der Waals surface area contributed by atoms with Crippen molar-refractivity contribution in [1.29, 1.82) is 0 Å². The highest BCUT2D eigenvalue weighted by Gasteiger charge is 2.15. The number of aromatic hydroxyl groups is 3. The zero-order valence-corrected chi connectivity index (χ0v) is 10.5. The van der Waals surface area contributed by atoms with Crippen LogP contribution in [-0.4, -0.2) is 32.4 Å². The lowest BCUT2D eigenvalue weighted by Crippen LogP contribution is -2.08. The van der Waals surface area contributed by atoms with Gasteiger partial charge in [-0.25, -0.2) is 9.59 Å². The Morgan fingerprint density at radius 3 is 2.00 bits per heavy atom. The van der Waals surface area contributed by atoms with Gasteiger partial charge in [-0.05, 0) is 30.3 Å². The second kappa shape index (κ2) is 5.41. The molecular formula is C14H10O7. The molecule has 7 nitrogen and oxygen atoms in total. The second-order valence-electron chi connectivity index (χ2n) is 4.12. The SMILES string of the molecule is O=C(O)c1ccc(OC(=O)c2cc(O)cc(O)c2)c(O)c1. The number of carbonyl (C=O) groups excluding carboxylic acids is 1. The van der Waals surface area contributed by atoms with Crippen molar-refractivity contribution >= 4 is 11.9 Å². The van der Waals surface area contributed by atoms with Crippen molar-refractivity contribution in [3.05, 3.63) is 47.5 Å². The minimum absolute atomic E-state index is 0.130. The van der Waals surface area contributed by atoms with Gasteiger partial charge in [-0.3, -0.25) is 0 Å². The number of carbonyl (C=O) groups is 2. The third kappa shape index (κ3) is 3.21. The zero-order chi connectivity index (χ0) is 15.6. The lowest BCUT2D eigenvalue weighted by atomic mass is 10.2. The van der Waals surface area contributed by atoms with Gasteiger partial charge in [0, 0.05) is 6.07 Å². The smallest absolute Gasteiger partial charge is 0.343 e. The molecule has 0 aromatic heterocycles. The summed E-state index contributed by atoms with van der Waals surface area (Å²) in [6, 6.07) is 6.40. The van der Waals surface area contributed by atoms with E-state index in [2.05, 4.69) is 0 Å². The van der Waals surface area contributed by atoms with Gasteiger partial charge in [0.25, 0.3) is 0 Å². The highest BCUT2D eigenvalue weighted by molar-refractivity contribution is 5.93. The van der Waals surface area contributed by atoms with Crippen molar-refractivity contribution in [1.82, 2.24) is 0 Å². The molecule has 2 aromatic rings. The number of phenols is 3. The van der Waals surface area contributed by atoms with Crippen LogP contribution in [0.15, 0.2) is 36.4 Å². The molecule has 0 amide bonds. The molecule has 7 heteroatoms. The summed E-state index contributed by atoms with van der Waals surface area (Å²) in [7, 11) is 0. The highest BCUT2D eigenvalue weighted by atomic mass is 16.5. The Bertz CT molecular complexity index is 701. The number of aromatic carboxylic acids is 1. The molecule has 0 aliphatic heterocycles.